The van der Waals surface area contributed by atoms with Gasteiger partial charge in [0.2, 0.25) is 0 Å². The second-order valence-corrected chi connectivity index (χ2v) is 20.8. The molecule has 0 aliphatic carbocycles. The maximum absolute atomic E-state index is 11.2. The first-order chi connectivity index (χ1) is 50.0. The Kier molecular flexibility index (Phi) is 6.77. The third-order valence-corrected chi connectivity index (χ3v) is 16.4. The van der Waals surface area contributed by atoms with E-state index in [0.29, 0.717) is 61.6 Å². The summed E-state index contributed by atoms with van der Waals surface area (Å²) in [5.41, 5.74) is 5.98. The van der Waals surface area contributed by atoms with Gasteiger partial charge < -0.3 is 23.4 Å². The van der Waals surface area contributed by atoms with Crippen LogP contribution in [0, 0.1) is 0 Å². The minimum absolute atomic E-state index is 0.00193. The fraction of sp³-hybridized carbons (Fsp3) is 0. The van der Waals surface area contributed by atoms with Crippen LogP contribution in [0.3, 0.4) is 0 Å². The third-order valence-electron chi connectivity index (χ3n) is 16.4. The number of benzene rings is 13. The molecule has 84 heavy (non-hydrogen) atoms. The van der Waals surface area contributed by atoms with Gasteiger partial charge in [-0.1, -0.05) is 206 Å². The molecular weight excluding hydrogens is 1020 g/mol. The van der Waals surface area contributed by atoms with Gasteiger partial charge in [0.05, 0.1) is 60.9 Å². The van der Waals surface area contributed by atoms with Crippen molar-refractivity contribution in [1.29, 1.82) is 0 Å². The van der Waals surface area contributed by atoms with Gasteiger partial charge in [-0.3, -0.25) is 0 Å². The molecule has 5 heterocycles. The van der Waals surface area contributed by atoms with Crippen molar-refractivity contribution in [3.05, 3.63) is 297 Å². The van der Waals surface area contributed by atoms with Crippen LogP contribution < -0.4 is 26.2 Å². The Bertz CT molecular complexity index is 6110. The lowest BCUT2D eigenvalue weighted by Crippen LogP contribution is -2.61. The number of rotatable bonds is 7. The van der Waals surface area contributed by atoms with Crippen LogP contribution in [0.2, 0.25) is 0 Å². The lowest BCUT2D eigenvalue weighted by Gasteiger charge is -2.45. The Morgan fingerprint density at radius 3 is 1.24 bits per heavy atom. The summed E-state index contributed by atoms with van der Waals surface area (Å²) in [5, 5.41) is 0.594. The Balaban J connectivity index is 1.06. The first-order valence-corrected chi connectivity index (χ1v) is 27.3. The topological polar surface area (TPSA) is 29.5 Å². The van der Waals surface area contributed by atoms with Crippen LogP contribution in [0.1, 0.15) is 27.4 Å². The SMILES string of the molecule is [2H]c1cc(-n2c3c([2H])c([2H])c([2H])c([2H])c3c3c([2H])c([2H])c([2H])c([2H])c32)c([2H])c2c1B1c3c(cc(-c4ccc5oc6ccccc6c5c4)cc3N(c3ccccc3-c3ccccc3)c3c([2H])c(-n4c5c([2H])c([2H])c([2H])c([2H])c5c5c([2H])c([2H])c([2H])c([2H])c54)cc([2H])c31)N2c1ccccc1-c1ccccc1. The van der Waals surface area contributed by atoms with E-state index in [2.05, 4.69) is 0 Å². The molecule has 0 N–H and O–H groups in total. The van der Waals surface area contributed by atoms with Crippen LogP contribution in [-0.4, -0.2) is 15.8 Å². The molecule has 0 saturated heterocycles. The lowest BCUT2D eigenvalue weighted by molar-refractivity contribution is 0.669. The van der Waals surface area contributed by atoms with E-state index < -0.39 is 115 Å². The van der Waals surface area contributed by atoms with Crippen molar-refractivity contribution in [2.24, 2.45) is 0 Å². The van der Waals surface area contributed by atoms with Gasteiger partial charge in [-0.25, -0.2) is 0 Å². The Morgan fingerprint density at radius 1 is 0.310 bits per heavy atom. The molecule has 0 fully saturated rings. The Labute approximate surface area is 513 Å². The molecule has 2 aliphatic rings. The quantitative estimate of drug-likeness (QED) is 0.149. The first kappa shape index (κ1) is 31.2. The standard InChI is InChI=1S/C78H49BN4O/c1-3-21-50(22-4-1)56-25-7-14-32-66(56)82-72-48-54(80-68-34-16-9-27-58(68)59-28-10-17-35-69(59)80)40-42-64(72)79-65-43-41-55(81-70-36-18-11-29-60(70)61-30-12-19-37-71(61)81)49-73(65)83(67-33-15-8-26-57(67)51-23-5-2-6-24-51)75-47-53(46-74(82)78(75)79)52-39-44-77-63(45-52)62-31-13-20-38-76(62)84-77/h1-49H/i9D,10D,11D,12D,16D,17D,18D,19D,27D,28D,29D,30D,34D,35D,36D,37D,42D,43D,48D,49D. The number of anilines is 6. The predicted octanol–water partition coefficient (Wildman–Crippen LogP) is 18.9. The number of hydrogen-bond donors (Lipinski definition) is 0. The second kappa shape index (κ2) is 18.2. The van der Waals surface area contributed by atoms with Crippen molar-refractivity contribution < 1.29 is 31.8 Å². The molecule has 3 aromatic heterocycles. The summed E-state index contributed by atoms with van der Waals surface area (Å²) in [6.45, 7) is -1.34. The van der Waals surface area contributed by atoms with E-state index in [9.17, 15) is 16.4 Å². The van der Waals surface area contributed by atoms with Gasteiger partial charge in [0.15, 0.2) is 0 Å². The summed E-state index contributed by atoms with van der Waals surface area (Å²) in [5.74, 6) is 0. The monoisotopic (exact) mass is 1090 g/mol. The average molecular weight is 1090 g/mol. The summed E-state index contributed by atoms with van der Waals surface area (Å²) in [6, 6.07) is 42.2. The molecule has 0 radical (unpaired) electrons. The molecule has 13 aromatic carbocycles. The summed E-state index contributed by atoms with van der Waals surface area (Å²) in [7, 11) is 0. The van der Waals surface area contributed by atoms with Crippen LogP contribution in [0.5, 0.6) is 0 Å². The summed E-state index contributed by atoms with van der Waals surface area (Å²) < 4.78 is 201. The van der Waals surface area contributed by atoms with Gasteiger partial charge >= 0.3 is 0 Å². The van der Waals surface area contributed by atoms with E-state index in [1.54, 1.807) is 0 Å². The molecule has 0 unspecified atom stereocenters. The van der Waals surface area contributed by atoms with Crippen molar-refractivity contribution in [3.63, 3.8) is 0 Å². The van der Waals surface area contributed by atoms with Crippen molar-refractivity contribution in [2.75, 3.05) is 9.80 Å². The molecular formula is C78H49BN4O. The maximum Gasteiger partial charge on any atom is 0.252 e. The van der Waals surface area contributed by atoms with Crippen molar-refractivity contribution >= 4 is 123 Å². The number of hydrogen-bond acceptors (Lipinski definition) is 3. The largest absolute Gasteiger partial charge is 0.456 e. The molecule has 0 saturated carbocycles. The molecule has 0 atom stereocenters. The number of para-hydroxylation sites is 7. The van der Waals surface area contributed by atoms with E-state index in [1.807, 2.05) is 174 Å². The van der Waals surface area contributed by atoms with Gasteiger partial charge in [0.1, 0.15) is 11.2 Å². The Hall–Kier alpha value is -11.1. The summed E-state index contributed by atoms with van der Waals surface area (Å²) >= 11 is 0. The molecule has 0 spiro atoms. The van der Waals surface area contributed by atoms with E-state index in [4.69, 9.17) is 15.4 Å². The van der Waals surface area contributed by atoms with E-state index in [1.165, 1.54) is 21.3 Å². The average Bonchev–Trinajstić information content (AvgIpc) is 0.686. The van der Waals surface area contributed by atoms with E-state index in [-0.39, 0.29) is 89.4 Å². The molecule has 6 heteroatoms. The minimum atomic E-state index is -1.34. The van der Waals surface area contributed by atoms with Crippen LogP contribution >= 0.6 is 0 Å². The van der Waals surface area contributed by atoms with Crippen molar-refractivity contribution in [1.82, 2.24) is 9.13 Å². The van der Waals surface area contributed by atoms with Gasteiger partial charge in [-0.05, 0) is 129 Å². The van der Waals surface area contributed by atoms with Crippen LogP contribution in [0.15, 0.2) is 301 Å². The zero-order valence-corrected chi connectivity index (χ0v) is 44.0. The van der Waals surface area contributed by atoms with Gasteiger partial charge in [-0.2, -0.15) is 0 Å². The summed E-state index contributed by atoms with van der Waals surface area (Å²) in [6.07, 6.45) is 0. The third kappa shape index (κ3) is 6.85. The fourth-order valence-corrected chi connectivity index (χ4v) is 12.8. The fourth-order valence-electron chi connectivity index (χ4n) is 12.8. The molecule has 2 aliphatic heterocycles. The molecule has 0 amide bonds. The Morgan fingerprint density at radius 2 is 0.738 bits per heavy atom. The predicted molar refractivity (Wildman–Crippen MR) is 353 cm³/mol. The number of aromatic nitrogens is 2. The van der Waals surface area contributed by atoms with Gasteiger partial charge in [0.25, 0.3) is 6.71 Å². The van der Waals surface area contributed by atoms with Crippen LogP contribution in [-0.2, 0) is 0 Å². The smallest absolute Gasteiger partial charge is 0.252 e. The highest BCUT2D eigenvalue weighted by atomic mass is 16.3. The summed E-state index contributed by atoms with van der Waals surface area (Å²) in [4.78, 5) is 3.74. The number of furan rings is 1. The molecule has 18 rings (SSSR count). The van der Waals surface area contributed by atoms with Gasteiger partial charge in [-0.15, -0.1) is 0 Å². The van der Waals surface area contributed by atoms with Gasteiger partial charge in [0, 0.05) is 77.6 Å². The zero-order chi connectivity index (χ0) is 72.4. The normalized spacial score (nSPS) is 16.0. The highest BCUT2D eigenvalue weighted by Crippen LogP contribution is 2.51. The lowest BCUT2D eigenvalue weighted by atomic mass is 9.33. The molecule has 390 valence electrons. The minimum Gasteiger partial charge on any atom is -0.456 e. The van der Waals surface area contributed by atoms with E-state index in [0.717, 1.165) is 21.9 Å². The maximum atomic E-state index is 11.2. The molecule has 16 aromatic rings. The molecule has 5 nitrogen and oxygen atoms in total. The number of nitrogens with zero attached hydrogens (tertiary/aromatic N) is 4. The van der Waals surface area contributed by atoms with Crippen molar-refractivity contribution in [3.8, 4) is 44.8 Å². The second-order valence-electron chi connectivity index (χ2n) is 20.8. The highest BCUT2D eigenvalue weighted by Gasteiger charge is 2.45. The number of fused-ring (bicyclic) bond motifs is 13. The van der Waals surface area contributed by atoms with Crippen molar-refractivity contribution in [2.45, 2.75) is 0 Å². The van der Waals surface area contributed by atoms with Crippen LogP contribution in [0.25, 0.3) is 110 Å². The first-order valence-electron chi connectivity index (χ1n) is 37.3. The molecule has 0 bridgehead atoms. The van der Waals surface area contributed by atoms with E-state index >= 15 is 0 Å². The zero-order valence-electron chi connectivity index (χ0n) is 64.0. The highest BCUT2D eigenvalue weighted by molar-refractivity contribution is 7.00. The van der Waals surface area contributed by atoms with Crippen LogP contribution in [0.4, 0.5) is 34.1 Å².